The van der Waals surface area contributed by atoms with Gasteiger partial charge in [0.15, 0.2) is 5.43 Å². The van der Waals surface area contributed by atoms with Gasteiger partial charge in [0.05, 0.1) is 5.52 Å². The molecule has 0 amide bonds. The third kappa shape index (κ3) is 1.93. The van der Waals surface area contributed by atoms with Crippen molar-refractivity contribution in [1.29, 1.82) is 0 Å². The summed E-state index contributed by atoms with van der Waals surface area (Å²) < 4.78 is 0. The molecule has 0 fully saturated rings. The zero-order chi connectivity index (χ0) is 12.4. The summed E-state index contributed by atoms with van der Waals surface area (Å²) in [7, 11) is 0. The zero-order valence-corrected chi connectivity index (χ0v) is 10.6. The Kier molecular flexibility index (Phi) is 3.18. The summed E-state index contributed by atoms with van der Waals surface area (Å²) in [4.78, 5) is 17.8. The van der Waals surface area contributed by atoms with Gasteiger partial charge in [-0.2, -0.15) is 0 Å². The van der Waals surface area contributed by atoms with E-state index in [2.05, 4.69) is 23.7 Å². The SMILES string of the molecule is CCN(CC)c1[nH]c2ccccc2c(=O)c1C. The second-order valence-corrected chi connectivity index (χ2v) is 4.15. The molecule has 1 heterocycles. The molecule has 0 aliphatic rings. The Morgan fingerprint density at radius 3 is 2.47 bits per heavy atom. The summed E-state index contributed by atoms with van der Waals surface area (Å²) in [6.45, 7) is 7.86. The number of nitrogens with zero attached hydrogens (tertiary/aromatic N) is 1. The van der Waals surface area contributed by atoms with Crippen molar-refractivity contribution in [3.63, 3.8) is 0 Å². The summed E-state index contributed by atoms with van der Waals surface area (Å²) in [6.07, 6.45) is 0. The number of nitrogens with one attached hydrogen (secondary N) is 1. The van der Waals surface area contributed by atoms with Gasteiger partial charge in [0.25, 0.3) is 0 Å². The fourth-order valence-corrected chi connectivity index (χ4v) is 2.18. The van der Waals surface area contributed by atoms with Gasteiger partial charge in [-0.25, -0.2) is 0 Å². The first-order valence-electron chi connectivity index (χ1n) is 6.05. The lowest BCUT2D eigenvalue weighted by atomic mass is 10.1. The molecule has 2 aromatic rings. The lowest BCUT2D eigenvalue weighted by Crippen LogP contribution is -2.26. The van der Waals surface area contributed by atoms with E-state index in [1.165, 1.54) is 0 Å². The Hall–Kier alpha value is -1.77. The number of aromatic nitrogens is 1. The fourth-order valence-electron chi connectivity index (χ4n) is 2.18. The van der Waals surface area contributed by atoms with Crippen LogP contribution in [0.2, 0.25) is 0 Å². The minimum Gasteiger partial charge on any atom is -0.358 e. The van der Waals surface area contributed by atoms with Crippen LogP contribution in [-0.2, 0) is 0 Å². The molecule has 2 rings (SSSR count). The standard InChI is InChI=1S/C14H18N2O/c1-4-16(5-2)14-10(3)13(17)11-8-6-7-9-12(11)15-14/h6-9H,4-5H2,1-3H3,(H,15,17). The van der Waals surface area contributed by atoms with Crippen LogP contribution in [0.3, 0.4) is 0 Å². The van der Waals surface area contributed by atoms with Gasteiger partial charge in [0.2, 0.25) is 0 Å². The number of hydrogen-bond acceptors (Lipinski definition) is 2. The van der Waals surface area contributed by atoms with Crippen LogP contribution < -0.4 is 10.3 Å². The topological polar surface area (TPSA) is 36.1 Å². The molecule has 1 N–H and O–H groups in total. The van der Waals surface area contributed by atoms with E-state index >= 15 is 0 Å². The maximum absolute atomic E-state index is 12.2. The van der Waals surface area contributed by atoms with Crippen LogP contribution in [0.15, 0.2) is 29.1 Å². The first kappa shape index (κ1) is 11.7. The Balaban J connectivity index is 2.74. The van der Waals surface area contributed by atoms with Crippen LogP contribution in [0.4, 0.5) is 5.82 Å². The van der Waals surface area contributed by atoms with Crippen molar-refractivity contribution in [2.75, 3.05) is 18.0 Å². The van der Waals surface area contributed by atoms with E-state index < -0.39 is 0 Å². The Morgan fingerprint density at radius 1 is 1.18 bits per heavy atom. The minimum absolute atomic E-state index is 0.126. The molecule has 0 aliphatic carbocycles. The van der Waals surface area contributed by atoms with Crippen molar-refractivity contribution in [3.05, 3.63) is 40.1 Å². The minimum atomic E-state index is 0.126. The van der Waals surface area contributed by atoms with E-state index in [1.54, 1.807) is 0 Å². The third-order valence-electron chi connectivity index (χ3n) is 3.20. The zero-order valence-electron chi connectivity index (χ0n) is 10.6. The third-order valence-corrected chi connectivity index (χ3v) is 3.20. The second kappa shape index (κ2) is 4.62. The molecule has 0 saturated heterocycles. The van der Waals surface area contributed by atoms with Gasteiger partial charge in [-0.15, -0.1) is 0 Å². The Bertz CT molecular complexity index is 582. The van der Waals surface area contributed by atoms with Crippen molar-refractivity contribution in [2.45, 2.75) is 20.8 Å². The number of aromatic amines is 1. The van der Waals surface area contributed by atoms with Crippen molar-refractivity contribution in [3.8, 4) is 0 Å². The number of benzene rings is 1. The highest BCUT2D eigenvalue weighted by atomic mass is 16.1. The van der Waals surface area contributed by atoms with Crippen LogP contribution >= 0.6 is 0 Å². The highest BCUT2D eigenvalue weighted by Crippen LogP contribution is 2.18. The molecule has 0 unspecified atom stereocenters. The molecule has 0 bridgehead atoms. The summed E-state index contributed by atoms with van der Waals surface area (Å²) >= 11 is 0. The average molecular weight is 230 g/mol. The number of H-pyrrole nitrogens is 1. The normalized spacial score (nSPS) is 10.8. The predicted octanol–water partition coefficient (Wildman–Crippen LogP) is 2.68. The molecule has 1 aromatic carbocycles. The second-order valence-electron chi connectivity index (χ2n) is 4.15. The van der Waals surface area contributed by atoms with Crippen LogP contribution in [0, 0.1) is 6.92 Å². The molecule has 0 radical (unpaired) electrons. The number of rotatable bonds is 3. The first-order chi connectivity index (χ1) is 8.19. The van der Waals surface area contributed by atoms with Crippen molar-refractivity contribution >= 4 is 16.7 Å². The summed E-state index contributed by atoms with van der Waals surface area (Å²) in [6, 6.07) is 7.66. The number of hydrogen-bond donors (Lipinski definition) is 1. The van der Waals surface area contributed by atoms with E-state index in [0.29, 0.717) is 0 Å². The maximum atomic E-state index is 12.2. The molecule has 0 aliphatic heterocycles. The van der Waals surface area contributed by atoms with E-state index in [1.807, 2.05) is 31.2 Å². The van der Waals surface area contributed by atoms with E-state index in [0.717, 1.165) is 35.4 Å². The van der Waals surface area contributed by atoms with Gasteiger partial charge in [-0.1, -0.05) is 12.1 Å². The lowest BCUT2D eigenvalue weighted by molar-refractivity contribution is 0.843. The van der Waals surface area contributed by atoms with Crippen LogP contribution in [0.5, 0.6) is 0 Å². The highest BCUT2D eigenvalue weighted by Gasteiger charge is 2.11. The van der Waals surface area contributed by atoms with Crippen LogP contribution in [0.1, 0.15) is 19.4 Å². The lowest BCUT2D eigenvalue weighted by Gasteiger charge is -2.22. The van der Waals surface area contributed by atoms with Crippen molar-refractivity contribution in [2.24, 2.45) is 0 Å². The number of fused-ring (bicyclic) bond motifs is 1. The molecule has 0 saturated carbocycles. The summed E-state index contributed by atoms with van der Waals surface area (Å²) in [5, 5.41) is 0.765. The Labute approximate surface area is 101 Å². The Morgan fingerprint density at radius 2 is 1.82 bits per heavy atom. The van der Waals surface area contributed by atoms with Gasteiger partial charge in [-0.3, -0.25) is 4.79 Å². The summed E-state index contributed by atoms with van der Waals surface area (Å²) in [5.41, 5.74) is 1.83. The van der Waals surface area contributed by atoms with Gasteiger partial charge in [0.1, 0.15) is 5.82 Å². The molecule has 0 spiro atoms. The number of pyridine rings is 1. The molecule has 1 aromatic heterocycles. The molecular weight excluding hydrogens is 212 g/mol. The van der Waals surface area contributed by atoms with Gasteiger partial charge in [-0.05, 0) is 32.9 Å². The molecule has 3 nitrogen and oxygen atoms in total. The van der Waals surface area contributed by atoms with Crippen LogP contribution in [0.25, 0.3) is 10.9 Å². The van der Waals surface area contributed by atoms with Gasteiger partial charge in [0, 0.05) is 24.0 Å². The summed E-state index contributed by atoms with van der Waals surface area (Å²) in [5.74, 6) is 0.943. The smallest absolute Gasteiger partial charge is 0.194 e. The monoisotopic (exact) mass is 230 g/mol. The van der Waals surface area contributed by atoms with Crippen molar-refractivity contribution in [1.82, 2.24) is 4.98 Å². The molecule has 0 atom stereocenters. The molecule has 90 valence electrons. The number of para-hydroxylation sites is 1. The average Bonchev–Trinajstić information content (AvgIpc) is 2.37. The van der Waals surface area contributed by atoms with Gasteiger partial charge >= 0.3 is 0 Å². The molecule has 17 heavy (non-hydrogen) atoms. The van der Waals surface area contributed by atoms with E-state index in [9.17, 15) is 4.79 Å². The first-order valence-corrected chi connectivity index (χ1v) is 6.05. The maximum Gasteiger partial charge on any atom is 0.194 e. The van der Waals surface area contributed by atoms with E-state index in [-0.39, 0.29) is 5.43 Å². The van der Waals surface area contributed by atoms with Crippen molar-refractivity contribution < 1.29 is 0 Å². The quantitative estimate of drug-likeness (QED) is 0.880. The molecule has 3 heteroatoms. The molecular formula is C14H18N2O. The largest absolute Gasteiger partial charge is 0.358 e. The highest BCUT2D eigenvalue weighted by molar-refractivity contribution is 5.81. The van der Waals surface area contributed by atoms with Crippen LogP contribution in [-0.4, -0.2) is 18.1 Å². The predicted molar refractivity (Wildman–Crippen MR) is 72.9 cm³/mol. The fraction of sp³-hybridized carbons (Fsp3) is 0.357. The van der Waals surface area contributed by atoms with E-state index in [4.69, 9.17) is 0 Å². The number of anilines is 1. The van der Waals surface area contributed by atoms with Gasteiger partial charge < -0.3 is 9.88 Å².